The molecule has 11 amide bonds. The molecular formula is C91H111N13O10S3. The van der Waals surface area contributed by atoms with Gasteiger partial charge in [-0.25, -0.2) is 19.1 Å². The van der Waals surface area contributed by atoms with Gasteiger partial charge < -0.3 is 54.6 Å². The summed E-state index contributed by atoms with van der Waals surface area (Å²) in [6, 6.07) is 50.0. The molecular weight excluding hydrogens is 1530 g/mol. The molecule has 0 spiro atoms. The van der Waals surface area contributed by atoms with E-state index in [-0.39, 0.29) is 117 Å². The Balaban J connectivity index is 0.000000145. The highest BCUT2D eigenvalue weighted by Crippen LogP contribution is 2.50. The zero-order valence-corrected chi connectivity index (χ0v) is 70.9. The van der Waals surface area contributed by atoms with E-state index < -0.39 is 11.3 Å². The van der Waals surface area contributed by atoms with Crippen LogP contribution in [0.25, 0.3) is 5.69 Å². The molecule has 6 saturated heterocycles. The Kier molecular flexibility index (Phi) is 27.1. The highest BCUT2D eigenvalue weighted by Gasteiger charge is 2.48. The van der Waals surface area contributed by atoms with E-state index in [2.05, 4.69) is 113 Å². The van der Waals surface area contributed by atoms with Crippen LogP contribution in [0.1, 0.15) is 179 Å². The number of hydrogen-bond donors (Lipinski definition) is 3. The predicted octanol–water partition coefficient (Wildman–Crippen LogP) is 16.2. The van der Waals surface area contributed by atoms with Crippen LogP contribution in [-0.2, 0) is 46.6 Å². The monoisotopic (exact) mass is 1640 g/mol. The largest absolute Gasteiger partial charge is 0.441 e. The number of likely N-dealkylation sites (tertiary alicyclic amines) is 3. The lowest BCUT2D eigenvalue weighted by atomic mass is 9.86. The molecule has 10 heterocycles. The second kappa shape index (κ2) is 37.9. The Hall–Kier alpha value is -9.79. The van der Waals surface area contributed by atoms with Gasteiger partial charge in [0.2, 0.25) is 35.4 Å². The quantitative estimate of drug-likeness (QED) is 0.0606. The molecule has 6 aromatic carbocycles. The van der Waals surface area contributed by atoms with E-state index in [9.17, 15) is 43.2 Å². The first-order valence-electron chi connectivity index (χ1n) is 41.8. The van der Waals surface area contributed by atoms with Crippen molar-refractivity contribution in [1.82, 2.24) is 49.0 Å². The molecule has 117 heavy (non-hydrogen) atoms. The summed E-state index contributed by atoms with van der Waals surface area (Å²) in [5.41, 5.74) is 12.4. The fourth-order valence-corrected chi connectivity index (χ4v) is 22.0. The lowest BCUT2D eigenvalue weighted by Crippen LogP contribution is -2.51. The number of aryl methyl sites for hydroxylation is 2. The minimum absolute atomic E-state index is 0.00764. The van der Waals surface area contributed by atoms with Crippen molar-refractivity contribution in [1.29, 1.82) is 0 Å². The van der Waals surface area contributed by atoms with Crippen molar-refractivity contribution in [2.75, 3.05) is 74.9 Å². The SMILES string of the molecule is CC(C)CCN1C(=O)C(CC(=O)N2CCC(C3OC(=O)Nc4ccccc43)CC2)SC1c1ccccc1.CC(C)CN1C(=O)C(CC(=O)N2CCC(N3Cc4ccccc4NC3=O)CC2)SC1c1ccccc1-n1cccn1.Cc1ccc(C2SC(CC(=O)N3CCC(N4Cc5ccccc5NC4=O)CC3)C(=O)N2CCC(C)C)c(C)c1. The van der Waals surface area contributed by atoms with Crippen LogP contribution in [0.4, 0.5) is 31.4 Å². The van der Waals surface area contributed by atoms with E-state index in [1.807, 2.05) is 165 Å². The Labute approximate surface area is 700 Å². The predicted molar refractivity (Wildman–Crippen MR) is 461 cm³/mol. The maximum atomic E-state index is 13.7. The zero-order chi connectivity index (χ0) is 82.1. The van der Waals surface area contributed by atoms with Gasteiger partial charge in [0.05, 0.1) is 27.1 Å². The summed E-state index contributed by atoms with van der Waals surface area (Å²) in [7, 11) is 0. The summed E-state index contributed by atoms with van der Waals surface area (Å²) in [5, 5.41) is 11.7. The van der Waals surface area contributed by atoms with Crippen molar-refractivity contribution < 1.29 is 47.9 Å². The number of para-hydroxylation sites is 4. The Morgan fingerprint density at radius 3 is 1.43 bits per heavy atom. The van der Waals surface area contributed by atoms with E-state index in [1.165, 1.54) is 16.7 Å². The summed E-state index contributed by atoms with van der Waals surface area (Å²) in [6.45, 7) is 23.9. The number of cyclic esters (lactones) is 1. The lowest BCUT2D eigenvalue weighted by molar-refractivity contribution is -0.137. The fraction of sp³-hybridized carbons (Fsp3) is 0.473. The molecule has 0 aliphatic carbocycles. The number of fused-ring (bicyclic) bond motifs is 3. The summed E-state index contributed by atoms with van der Waals surface area (Å²) in [5.74, 6) is 1.71. The number of benzene rings is 6. The van der Waals surface area contributed by atoms with Gasteiger partial charge in [0.25, 0.3) is 0 Å². The van der Waals surface area contributed by atoms with E-state index in [0.29, 0.717) is 89.7 Å². The molecule has 7 unspecified atom stereocenters. The molecule has 9 aliphatic heterocycles. The van der Waals surface area contributed by atoms with Crippen LogP contribution in [0.5, 0.6) is 0 Å². The number of piperidine rings is 3. The topological polar surface area (TPSA) is 243 Å². The van der Waals surface area contributed by atoms with Crippen LogP contribution in [0.15, 0.2) is 164 Å². The second-order valence-electron chi connectivity index (χ2n) is 33.5. The van der Waals surface area contributed by atoms with Gasteiger partial charge in [0.15, 0.2) is 0 Å². The van der Waals surface area contributed by atoms with E-state index in [0.717, 1.165) is 102 Å². The van der Waals surface area contributed by atoms with Crippen LogP contribution >= 0.6 is 35.3 Å². The molecule has 7 atom stereocenters. The maximum absolute atomic E-state index is 13.7. The molecule has 618 valence electrons. The van der Waals surface area contributed by atoms with E-state index in [4.69, 9.17) is 4.74 Å². The van der Waals surface area contributed by atoms with Gasteiger partial charge in [-0.3, -0.25) is 34.1 Å². The van der Waals surface area contributed by atoms with Crippen LogP contribution in [0.3, 0.4) is 0 Å². The molecule has 0 bridgehead atoms. The number of amides is 11. The Bertz CT molecular complexity index is 4720. The maximum Gasteiger partial charge on any atom is 0.412 e. The average Bonchev–Trinajstić information content (AvgIpc) is 1.64. The average molecular weight is 1640 g/mol. The molecule has 3 N–H and O–H groups in total. The van der Waals surface area contributed by atoms with Crippen LogP contribution in [-0.4, -0.2) is 189 Å². The van der Waals surface area contributed by atoms with Gasteiger partial charge >= 0.3 is 18.2 Å². The Morgan fingerprint density at radius 1 is 0.470 bits per heavy atom. The molecule has 26 heteroatoms. The number of anilines is 3. The van der Waals surface area contributed by atoms with Crippen molar-refractivity contribution in [3.63, 3.8) is 0 Å². The smallest absolute Gasteiger partial charge is 0.412 e. The van der Waals surface area contributed by atoms with Gasteiger partial charge in [-0.15, -0.1) is 35.3 Å². The number of carbonyl (C=O) groups excluding carboxylic acids is 9. The number of thioether (sulfide) groups is 3. The van der Waals surface area contributed by atoms with E-state index >= 15 is 0 Å². The standard InChI is InChI=1S/C31H36N6O3S.C31H40N4O3S.C29H35N3O4S/c1-21(2)19-36-29(39)27(41-30(36)24-9-4-6-11-26(24)37-15-7-14-32-37)18-28(38)34-16-12-23(13-17-34)35-20-22-8-3-5-10-25(22)33-31(35)40;1-20(2)11-16-34-29(37)27(39-30(34)25-10-9-21(3)17-22(25)4)18-28(36)33-14-12-24(13-15-33)35-19-23-7-5-6-8-26(23)32-31(35)38;1-19(2)12-17-32-27(34)24(37-28(32)21-8-4-3-5-9-21)18-25(33)31-15-13-20(14-16-31)26-22-10-6-7-11-23(22)30-29(35)36-26/h3-11,14-15,21,23,27,30H,12-13,16-20H2,1-2H3,(H,33,40);5-10,17,20,24,27,30H,11-16,18-19H2,1-4H3,(H,32,38);3-11,19-20,24,26,28H,12-18H2,1-2H3,(H,30,35). The number of urea groups is 2. The normalized spacial score (nSPS) is 22.4. The number of carbonyl (C=O) groups is 9. The Morgan fingerprint density at radius 2 is 0.923 bits per heavy atom. The van der Waals surface area contributed by atoms with Crippen LogP contribution in [0.2, 0.25) is 0 Å². The first kappa shape index (κ1) is 83.7. The third kappa shape index (κ3) is 19.7. The molecule has 6 fully saturated rings. The minimum atomic E-state index is -0.431. The number of aromatic nitrogens is 2. The third-order valence-electron chi connectivity index (χ3n) is 24.0. The summed E-state index contributed by atoms with van der Waals surface area (Å²) in [4.78, 5) is 134. The fourth-order valence-electron chi connectivity index (χ4n) is 17.5. The number of ether oxygens (including phenoxy) is 1. The molecule has 23 nitrogen and oxygen atoms in total. The van der Waals surface area contributed by atoms with Gasteiger partial charge in [0, 0.05) is 144 Å². The van der Waals surface area contributed by atoms with Gasteiger partial charge in [-0.2, -0.15) is 5.10 Å². The molecule has 16 rings (SSSR count). The van der Waals surface area contributed by atoms with Gasteiger partial charge in [-0.1, -0.05) is 168 Å². The number of hydrogen-bond acceptors (Lipinski definition) is 14. The highest BCUT2D eigenvalue weighted by molar-refractivity contribution is 8.01. The van der Waals surface area contributed by atoms with Crippen molar-refractivity contribution in [2.45, 2.75) is 189 Å². The van der Waals surface area contributed by atoms with Gasteiger partial charge in [-0.05, 0) is 141 Å². The first-order chi connectivity index (χ1) is 56.5. The van der Waals surface area contributed by atoms with E-state index in [1.54, 1.807) is 41.5 Å². The highest BCUT2D eigenvalue weighted by atomic mass is 32.2. The third-order valence-corrected chi connectivity index (χ3v) is 28.4. The number of nitrogens with zero attached hydrogens (tertiary/aromatic N) is 10. The molecule has 0 radical (unpaired) electrons. The number of nitrogens with one attached hydrogen (secondary N) is 3. The second-order valence-corrected chi connectivity index (χ2v) is 37.4. The van der Waals surface area contributed by atoms with Crippen molar-refractivity contribution in [2.24, 2.45) is 23.7 Å². The van der Waals surface area contributed by atoms with Crippen molar-refractivity contribution in [3.8, 4) is 5.69 Å². The van der Waals surface area contributed by atoms with Crippen LogP contribution in [0, 0.1) is 37.5 Å². The van der Waals surface area contributed by atoms with Crippen molar-refractivity contribution in [3.05, 3.63) is 209 Å². The summed E-state index contributed by atoms with van der Waals surface area (Å²) >= 11 is 4.80. The zero-order valence-electron chi connectivity index (χ0n) is 68.4. The number of rotatable bonds is 21. The minimum Gasteiger partial charge on any atom is -0.441 e. The van der Waals surface area contributed by atoms with Crippen LogP contribution < -0.4 is 16.0 Å². The molecule has 7 aromatic rings. The molecule has 9 aliphatic rings. The molecule has 0 saturated carbocycles. The summed E-state index contributed by atoms with van der Waals surface area (Å²) < 4.78 is 7.50. The first-order valence-corrected chi connectivity index (χ1v) is 44.6. The lowest BCUT2D eigenvalue weighted by Gasteiger charge is -2.40. The molecule has 1 aromatic heterocycles. The van der Waals surface area contributed by atoms with Gasteiger partial charge in [0.1, 0.15) is 22.2 Å². The summed E-state index contributed by atoms with van der Waals surface area (Å²) in [6.07, 6.45) is 9.92. The van der Waals surface area contributed by atoms with Crippen molar-refractivity contribution >= 4 is 106 Å².